The van der Waals surface area contributed by atoms with E-state index in [0.717, 1.165) is 17.7 Å². The largest absolute Gasteiger partial charge is 0.497 e. The summed E-state index contributed by atoms with van der Waals surface area (Å²) >= 11 is 0. The Morgan fingerprint density at radius 1 is 0.865 bits per heavy atom. The number of halogens is 3. The van der Waals surface area contributed by atoms with Crippen LogP contribution >= 0.6 is 0 Å². The quantitative estimate of drug-likeness (QED) is 0.394. The zero-order valence-corrected chi connectivity index (χ0v) is 21.2. The maximum atomic E-state index is 13.3. The van der Waals surface area contributed by atoms with Crippen molar-refractivity contribution in [3.63, 3.8) is 0 Å². The molecular weight excluding hydrogens is 505 g/mol. The van der Waals surface area contributed by atoms with Gasteiger partial charge in [-0.05, 0) is 35.4 Å². The van der Waals surface area contributed by atoms with Crippen LogP contribution in [-0.4, -0.2) is 64.1 Å². The first-order valence-corrected chi connectivity index (χ1v) is 13.3. The fourth-order valence-electron chi connectivity index (χ4n) is 4.29. The van der Waals surface area contributed by atoms with Crippen LogP contribution < -0.4 is 4.74 Å². The van der Waals surface area contributed by atoms with Crippen molar-refractivity contribution in [1.29, 1.82) is 0 Å². The summed E-state index contributed by atoms with van der Waals surface area (Å²) in [6.07, 6.45) is -5.10. The van der Waals surface area contributed by atoms with Gasteiger partial charge in [0.05, 0.1) is 24.2 Å². The topological polar surface area (TPSA) is 59.1 Å². The van der Waals surface area contributed by atoms with Crippen LogP contribution in [0.4, 0.5) is 13.2 Å². The Balaban J connectivity index is 1.37. The van der Waals surface area contributed by atoms with E-state index in [1.165, 1.54) is 23.5 Å². The second kappa shape index (κ2) is 11.6. The van der Waals surface area contributed by atoms with E-state index in [9.17, 15) is 21.6 Å². The molecule has 4 rings (SSSR count). The Hall–Kier alpha value is -2.92. The highest BCUT2D eigenvalue weighted by molar-refractivity contribution is 7.89. The van der Waals surface area contributed by atoms with Gasteiger partial charge in [0.1, 0.15) is 11.9 Å². The summed E-state index contributed by atoms with van der Waals surface area (Å²) in [5.74, 6) is 0.477. The lowest BCUT2D eigenvalue weighted by atomic mass is 9.99. The zero-order chi connectivity index (χ0) is 26.5. The average Bonchev–Trinajstić information content (AvgIpc) is 2.91. The minimum Gasteiger partial charge on any atom is -0.497 e. The van der Waals surface area contributed by atoms with E-state index >= 15 is 0 Å². The molecule has 1 saturated heterocycles. The second-order valence-electron chi connectivity index (χ2n) is 8.71. The van der Waals surface area contributed by atoms with E-state index in [1.54, 1.807) is 24.3 Å². The van der Waals surface area contributed by atoms with E-state index in [1.807, 2.05) is 30.3 Å². The average molecular weight is 535 g/mol. The molecule has 1 aliphatic heterocycles. The molecule has 1 fully saturated rings. The molecule has 0 bridgehead atoms. The van der Waals surface area contributed by atoms with Crippen LogP contribution in [0.25, 0.3) is 0 Å². The van der Waals surface area contributed by atoms with Crippen molar-refractivity contribution in [2.24, 2.45) is 0 Å². The number of nitrogens with zero attached hydrogens (tertiary/aromatic N) is 2. The minimum absolute atomic E-state index is 0.190. The van der Waals surface area contributed by atoms with Crippen LogP contribution in [0.3, 0.4) is 0 Å². The highest BCUT2D eigenvalue weighted by Crippen LogP contribution is 2.33. The van der Waals surface area contributed by atoms with Crippen molar-refractivity contribution < 1.29 is 31.1 Å². The fraction of sp³-hybridized carbons (Fsp3) is 0.333. The molecule has 1 atom stereocenters. The van der Waals surface area contributed by atoms with Crippen LogP contribution in [0, 0.1) is 0 Å². The molecule has 10 heteroatoms. The summed E-state index contributed by atoms with van der Waals surface area (Å²) < 4.78 is 78.6. The lowest BCUT2D eigenvalue weighted by Gasteiger charge is -2.34. The van der Waals surface area contributed by atoms with E-state index in [-0.39, 0.29) is 11.5 Å². The monoisotopic (exact) mass is 534 g/mol. The Morgan fingerprint density at radius 3 is 2.22 bits per heavy atom. The summed E-state index contributed by atoms with van der Waals surface area (Å²) in [6.45, 7) is 2.50. The maximum Gasteiger partial charge on any atom is 0.416 e. The Bertz CT molecular complexity index is 1280. The molecule has 0 amide bonds. The molecule has 1 heterocycles. The summed E-state index contributed by atoms with van der Waals surface area (Å²) in [4.78, 5) is 2.28. The van der Waals surface area contributed by atoms with Gasteiger partial charge in [0, 0.05) is 38.8 Å². The second-order valence-corrected chi connectivity index (χ2v) is 10.6. The van der Waals surface area contributed by atoms with Crippen LogP contribution in [0.15, 0.2) is 83.8 Å². The molecule has 3 aromatic rings. The molecule has 37 heavy (non-hydrogen) atoms. The molecule has 0 radical (unpaired) electrons. The molecule has 0 aromatic heterocycles. The van der Waals surface area contributed by atoms with Crippen molar-refractivity contribution in [1.82, 2.24) is 9.21 Å². The van der Waals surface area contributed by atoms with Crippen LogP contribution in [-0.2, 0) is 20.9 Å². The fourth-order valence-corrected chi connectivity index (χ4v) is 5.75. The van der Waals surface area contributed by atoms with Crippen molar-refractivity contribution >= 4 is 10.0 Å². The molecule has 3 aromatic carbocycles. The lowest BCUT2D eigenvalue weighted by Crippen LogP contribution is -2.49. The Morgan fingerprint density at radius 2 is 1.54 bits per heavy atom. The Labute approximate surface area is 215 Å². The van der Waals surface area contributed by atoms with E-state index in [2.05, 4.69) is 4.90 Å². The summed E-state index contributed by atoms with van der Waals surface area (Å²) in [5, 5.41) is 0. The SMILES string of the molecule is COc1cccc(S(=O)(=O)N2CCN(CCO[C@H](c3ccccc3)c3cccc(C(F)(F)F)c3)CC2)c1. The number of sulfonamides is 1. The molecule has 198 valence electrons. The van der Waals surface area contributed by atoms with Crippen LogP contribution in [0.1, 0.15) is 22.8 Å². The van der Waals surface area contributed by atoms with Crippen molar-refractivity contribution in [2.45, 2.75) is 17.2 Å². The van der Waals surface area contributed by atoms with Gasteiger partial charge in [-0.15, -0.1) is 0 Å². The number of rotatable bonds is 9. The number of piperazine rings is 1. The summed E-state index contributed by atoms with van der Waals surface area (Å²) in [5.41, 5.74) is 0.467. The van der Waals surface area contributed by atoms with Gasteiger partial charge in [-0.1, -0.05) is 48.5 Å². The highest BCUT2D eigenvalue weighted by atomic mass is 32.2. The number of hydrogen-bond acceptors (Lipinski definition) is 5. The first-order valence-electron chi connectivity index (χ1n) is 11.9. The van der Waals surface area contributed by atoms with Gasteiger partial charge in [-0.25, -0.2) is 8.42 Å². The maximum absolute atomic E-state index is 13.3. The number of hydrogen-bond donors (Lipinski definition) is 0. The third-order valence-corrected chi connectivity index (χ3v) is 8.22. The van der Waals surface area contributed by atoms with Gasteiger partial charge in [0.2, 0.25) is 10.0 Å². The number of alkyl halides is 3. The molecule has 0 N–H and O–H groups in total. The van der Waals surface area contributed by atoms with Crippen molar-refractivity contribution in [3.8, 4) is 5.75 Å². The van der Waals surface area contributed by atoms with Crippen LogP contribution in [0.5, 0.6) is 5.75 Å². The molecule has 6 nitrogen and oxygen atoms in total. The lowest BCUT2D eigenvalue weighted by molar-refractivity contribution is -0.137. The van der Waals surface area contributed by atoms with Gasteiger partial charge in [-0.3, -0.25) is 4.90 Å². The minimum atomic E-state index is -4.44. The summed E-state index contributed by atoms with van der Waals surface area (Å²) in [6, 6.07) is 20.7. The molecule has 0 unspecified atom stereocenters. The first kappa shape index (κ1) is 27.1. The molecule has 0 spiro atoms. The van der Waals surface area contributed by atoms with Crippen molar-refractivity contribution in [3.05, 3.63) is 95.6 Å². The zero-order valence-electron chi connectivity index (χ0n) is 20.4. The van der Waals surface area contributed by atoms with Gasteiger partial charge in [-0.2, -0.15) is 17.5 Å². The van der Waals surface area contributed by atoms with E-state index in [0.29, 0.717) is 44.0 Å². The smallest absolute Gasteiger partial charge is 0.416 e. The Kier molecular flexibility index (Phi) is 8.53. The molecule has 0 aliphatic carbocycles. The molecular formula is C27H29F3N2O4S. The number of ether oxygens (including phenoxy) is 2. The van der Waals surface area contributed by atoms with E-state index in [4.69, 9.17) is 9.47 Å². The third-order valence-electron chi connectivity index (χ3n) is 6.32. The highest BCUT2D eigenvalue weighted by Gasteiger charge is 2.32. The first-order chi connectivity index (χ1) is 17.7. The van der Waals surface area contributed by atoms with Gasteiger partial charge >= 0.3 is 6.18 Å². The normalized spacial score (nSPS) is 16.4. The van der Waals surface area contributed by atoms with Gasteiger partial charge < -0.3 is 9.47 Å². The van der Waals surface area contributed by atoms with Gasteiger partial charge in [0.25, 0.3) is 0 Å². The molecule has 0 saturated carbocycles. The van der Waals surface area contributed by atoms with Gasteiger partial charge in [0.15, 0.2) is 0 Å². The van der Waals surface area contributed by atoms with E-state index < -0.39 is 27.9 Å². The van der Waals surface area contributed by atoms with Crippen LogP contribution in [0.2, 0.25) is 0 Å². The summed E-state index contributed by atoms with van der Waals surface area (Å²) in [7, 11) is -2.15. The van der Waals surface area contributed by atoms with Crippen molar-refractivity contribution in [2.75, 3.05) is 46.4 Å². The standard InChI is InChI=1S/C27H29F3N2O4S/c1-35-24-11-6-12-25(20-24)37(33,34)32-15-13-31(14-16-32)17-18-36-26(21-7-3-2-4-8-21)22-9-5-10-23(19-22)27(28,29)30/h2-12,19-20,26H,13-18H2,1H3/t26-/m1/s1. The number of methoxy groups -OCH3 is 1. The number of benzene rings is 3. The predicted molar refractivity (Wildman–Crippen MR) is 134 cm³/mol. The predicted octanol–water partition coefficient (Wildman–Crippen LogP) is 4.83. The molecule has 1 aliphatic rings. The third kappa shape index (κ3) is 6.70.